The molecule has 1 saturated heterocycles. The van der Waals surface area contributed by atoms with Gasteiger partial charge in [0.25, 0.3) is 0 Å². The average molecular weight is 257 g/mol. The zero-order valence-electron chi connectivity index (χ0n) is 9.63. The molecule has 0 spiro atoms. The molecule has 8 heteroatoms. The van der Waals surface area contributed by atoms with Crippen LogP contribution in [-0.2, 0) is 16.6 Å². The van der Waals surface area contributed by atoms with Crippen molar-refractivity contribution >= 4 is 17.7 Å². The van der Waals surface area contributed by atoms with E-state index in [1.807, 2.05) is 0 Å². The fourth-order valence-corrected chi connectivity index (χ4v) is 2.24. The van der Waals surface area contributed by atoms with Crippen LogP contribution < -0.4 is 5.32 Å². The summed E-state index contributed by atoms with van der Waals surface area (Å²) >= 11 is 1.32. The number of rotatable bonds is 5. The average Bonchev–Trinajstić information content (AvgIpc) is 2.95. The van der Waals surface area contributed by atoms with Gasteiger partial charge in [-0.1, -0.05) is 11.8 Å². The molecule has 2 heterocycles. The van der Waals surface area contributed by atoms with E-state index in [4.69, 9.17) is 4.74 Å². The number of nitrogens with one attached hydrogen (secondary N) is 1. The lowest BCUT2D eigenvalue weighted by Gasteiger charge is -2.10. The first kappa shape index (κ1) is 12.3. The maximum Gasteiger partial charge on any atom is 0.230 e. The van der Waals surface area contributed by atoms with Crippen LogP contribution in [-0.4, -0.2) is 51.1 Å². The van der Waals surface area contributed by atoms with Gasteiger partial charge in [-0.3, -0.25) is 4.79 Å². The number of aryl methyl sites for hydroxylation is 1. The summed E-state index contributed by atoms with van der Waals surface area (Å²) in [5, 5.41) is 14.5. The van der Waals surface area contributed by atoms with Gasteiger partial charge < -0.3 is 10.1 Å². The summed E-state index contributed by atoms with van der Waals surface area (Å²) in [7, 11) is 1.74. The van der Waals surface area contributed by atoms with E-state index in [9.17, 15) is 4.79 Å². The van der Waals surface area contributed by atoms with Gasteiger partial charge >= 0.3 is 0 Å². The summed E-state index contributed by atoms with van der Waals surface area (Å²) in [6.45, 7) is 1.40. The zero-order valence-corrected chi connectivity index (χ0v) is 10.4. The monoisotopic (exact) mass is 257 g/mol. The predicted octanol–water partition coefficient (Wildman–Crippen LogP) is -0.403. The molecule has 1 amide bonds. The molecular weight excluding hydrogens is 242 g/mol. The van der Waals surface area contributed by atoms with E-state index >= 15 is 0 Å². The molecule has 1 aliphatic heterocycles. The van der Waals surface area contributed by atoms with Crippen LogP contribution in [0, 0.1) is 0 Å². The standard InChI is InChI=1S/C9H15N5O2S/c1-14-9(11-12-13-14)17-6-8(15)10-5-7-3-2-4-16-7/h7H,2-6H2,1H3,(H,10,15)/t7-/m1/s1. The Balaban J connectivity index is 1.65. The van der Waals surface area contributed by atoms with E-state index in [1.54, 1.807) is 7.05 Å². The predicted molar refractivity (Wildman–Crippen MR) is 61.5 cm³/mol. The van der Waals surface area contributed by atoms with Gasteiger partial charge in [0.2, 0.25) is 11.1 Å². The summed E-state index contributed by atoms with van der Waals surface area (Å²) in [6.07, 6.45) is 2.29. The first-order chi connectivity index (χ1) is 8.25. The first-order valence-electron chi connectivity index (χ1n) is 5.49. The highest BCUT2D eigenvalue weighted by Crippen LogP contribution is 2.12. The number of nitrogens with zero attached hydrogens (tertiary/aromatic N) is 4. The lowest BCUT2D eigenvalue weighted by Crippen LogP contribution is -2.32. The Morgan fingerprint density at radius 2 is 2.59 bits per heavy atom. The number of ether oxygens (including phenoxy) is 1. The van der Waals surface area contributed by atoms with Crippen LogP contribution in [0.15, 0.2) is 5.16 Å². The molecule has 7 nitrogen and oxygen atoms in total. The third-order valence-electron chi connectivity index (χ3n) is 2.46. The van der Waals surface area contributed by atoms with Crippen LogP contribution in [0.25, 0.3) is 0 Å². The highest BCUT2D eigenvalue weighted by molar-refractivity contribution is 7.99. The Bertz CT molecular complexity index is 377. The molecule has 1 aromatic rings. The Kier molecular flexibility index (Phi) is 4.32. The summed E-state index contributed by atoms with van der Waals surface area (Å²) in [5.74, 6) is 0.300. The van der Waals surface area contributed by atoms with Crippen LogP contribution in [0.4, 0.5) is 0 Å². The zero-order chi connectivity index (χ0) is 12.1. The number of carbonyl (C=O) groups excluding carboxylic acids is 1. The maximum absolute atomic E-state index is 11.5. The van der Waals surface area contributed by atoms with Crippen molar-refractivity contribution in [3.8, 4) is 0 Å². The van der Waals surface area contributed by atoms with E-state index in [0.717, 1.165) is 19.4 Å². The summed E-state index contributed by atoms with van der Waals surface area (Å²) in [5.41, 5.74) is 0. The normalized spacial score (nSPS) is 19.5. The molecule has 2 rings (SSSR count). The highest BCUT2D eigenvalue weighted by atomic mass is 32.2. The Labute approximate surface area is 103 Å². The number of aromatic nitrogens is 4. The number of thioether (sulfide) groups is 1. The van der Waals surface area contributed by atoms with Crippen molar-refractivity contribution in [3.05, 3.63) is 0 Å². The quantitative estimate of drug-likeness (QED) is 0.723. The third-order valence-corrected chi connectivity index (χ3v) is 3.48. The Hall–Kier alpha value is -1.15. The molecule has 0 aliphatic carbocycles. The number of tetrazole rings is 1. The summed E-state index contributed by atoms with van der Waals surface area (Å²) in [4.78, 5) is 11.5. The van der Waals surface area contributed by atoms with Crippen molar-refractivity contribution in [2.45, 2.75) is 24.1 Å². The van der Waals surface area contributed by atoms with Crippen LogP contribution in [0.2, 0.25) is 0 Å². The van der Waals surface area contributed by atoms with Gasteiger partial charge in [-0.2, -0.15) is 0 Å². The van der Waals surface area contributed by atoms with Gasteiger partial charge in [-0.25, -0.2) is 4.68 Å². The van der Waals surface area contributed by atoms with Gasteiger partial charge in [0.05, 0.1) is 11.9 Å². The van der Waals surface area contributed by atoms with Crippen molar-refractivity contribution in [2.75, 3.05) is 18.9 Å². The van der Waals surface area contributed by atoms with Gasteiger partial charge in [0.15, 0.2) is 0 Å². The molecular formula is C9H15N5O2S. The first-order valence-corrected chi connectivity index (χ1v) is 6.47. The second-order valence-electron chi connectivity index (χ2n) is 3.81. The second-order valence-corrected chi connectivity index (χ2v) is 4.76. The molecule has 1 atom stereocenters. The van der Waals surface area contributed by atoms with Gasteiger partial charge in [0, 0.05) is 20.2 Å². The molecule has 94 valence electrons. The van der Waals surface area contributed by atoms with Crippen LogP contribution >= 0.6 is 11.8 Å². The summed E-state index contributed by atoms with van der Waals surface area (Å²) < 4.78 is 6.95. The number of carbonyl (C=O) groups is 1. The number of hydrogen-bond donors (Lipinski definition) is 1. The van der Waals surface area contributed by atoms with E-state index < -0.39 is 0 Å². The van der Waals surface area contributed by atoms with Crippen LogP contribution in [0.5, 0.6) is 0 Å². The third kappa shape index (κ3) is 3.67. The lowest BCUT2D eigenvalue weighted by molar-refractivity contribution is -0.119. The molecule has 1 aliphatic rings. The molecule has 1 aromatic heterocycles. The van der Waals surface area contributed by atoms with Gasteiger partial charge in [-0.15, -0.1) is 5.10 Å². The van der Waals surface area contributed by atoms with E-state index in [1.165, 1.54) is 16.4 Å². The number of hydrogen-bond acceptors (Lipinski definition) is 6. The minimum atomic E-state index is -0.0199. The van der Waals surface area contributed by atoms with E-state index in [0.29, 0.717) is 17.5 Å². The van der Waals surface area contributed by atoms with Crippen molar-refractivity contribution in [1.29, 1.82) is 0 Å². The smallest absolute Gasteiger partial charge is 0.230 e. The van der Waals surface area contributed by atoms with E-state index in [-0.39, 0.29) is 12.0 Å². The minimum Gasteiger partial charge on any atom is -0.376 e. The van der Waals surface area contributed by atoms with Crippen molar-refractivity contribution < 1.29 is 9.53 Å². The minimum absolute atomic E-state index is 0.0199. The highest BCUT2D eigenvalue weighted by Gasteiger charge is 2.16. The Morgan fingerprint density at radius 3 is 3.24 bits per heavy atom. The van der Waals surface area contributed by atoms with E-state index in [2.05, 4.69) is 20.8 Å². The second kappa shape index (κ2) is 5.97. The van der Waals surface area contributed by atoms with Crippen LogP contribution in [0.1, 0.15) is 12.8 Å². The topological polar surface area (TPSA) is 81.9 Å². The fraction of sp³-hybridized carbons (Fsp3) is 0.778. The molecule has 1 fully saturated rings. The molecule has 0 unspecified atom stereocenters. The molecule has 0 bridgehead atoms. The molecule has 0 saturated carbocycles. The van der Waals surface area contributed by atoms with Crippen molar-refractivity contribution in [1.82, 2.24) is 25.5 Å². The number of amides is 1. The Morgan fingerprint density at radius 1 is 1.71 bits per heavy atom. The van der Waals surface area contributed by atoms with Crippen molar-refractivity contribution in [2.24, 2.45) is 7.05 Å². The largest absolute Gasteiger partial charge is 0.376 e. The maximum atomic E-state index is 11.5. The van der Waals surface area contributed by atoms with Crippen molar-refractivity contribution in [3.63, 3.8) is 0 Å². The molecule has 17 heavy (non-hydrogen) atoms. The molecule has 0 aromatic carbocycles. The molecule has 0 radical (unpaired) electrons. The van der Waals surface area contributed by atoms with Crippen LogP contribution in [0.3, 0.4) is 0 Å². The van der Waals surface area contributed by atoms with Gasteiger partial charge in [0.1, 0.15) is 0 Å². The van der Waals surface area contributed by atoms with Gasteiger partial charge in [-0.05, 0) is 23.3 Å². The fourth-order valence-electron chi connectivity index (χ4n) is 1.56. The summed E-state index contributed by atoms with van der Waals surface area (Å²) in [6, 6.07) is 0. The SMILES string of the molecule is Cn1nnnc1SCC(=O)NC[C@H]1CCCO1. The lowest BCUT2D eigenvalue weighted by atomic mass is 10.2. The molecule has 1 N–H and O–H groups in total.